The Morgan fingerprint density at radius 2 is 1.90 bits per heavy atom. The Balaban J connectivity index is 1.53. The molecule has 1 aliphatic carbocycles. The van der Waals surface area contributed by atoms with Gasteiger partial charge in [-0.1, -0.05) is 18.6 Å². The van der Waals surface area contributed by atoms with Gasteiger partial charge in [-0.05, 0) is 58.6 Å². The lowest BCUT2D eigenvalue weighted by Gasteiger charge is -2.27. The van der Waals surface area contributed by atoms with Crippen molar-refractivity contribution in [2.24, 2.45) is 5.92 Å². The first kappa shape index (κ1) is 20.4. The lowest BCUT2D eigenvalue weighted by Crippen LogP contribution is -2.36. The molecule has 2 fully saturated rings. The number of rotatable bonds is 4. The number of aromatic nitrogens is 2. The van der Waals surface area contributed by atoms with E-state index in [1.165, 1.54) is 0 Å². The second-order valence-corrected chi connectivity index (χ2v) is 9.06. The summed E-state index contributed by atoms with van der Waals surface area (Å²) >= 11 is 0. The van der Waals surface area contributed by atoms with Gasteiger partial charge in [0.2, 0.25) is 0 Å². The van der Waals surface area contributed by atoms with E-state index < -0.39 is 5.60 Å². The molecule has 1 amide bonds. The van der Waals surface area contributed by atoms with E-state index in [0.29, 0.717) is 18.1 Å². The predicted molar refractivity (Wildman–Crippen MR) is 112 cm³/mol. The summed E-state index contributed by atoms with van der Waals surface area (Å²) in [5, 5.41) is 0. The SMILES string of the molecule is CC(C)(C)OC(=O)N1CCCC1c1ncc(-c2ccccc2OC(=O)C2CCC2)[nH]1. The van der Waals surface area contributed by atoms with Gasteiger partial charge in [-0.2, -0.15) is 0 Å². The molecule has 1 unspecified atom stereocenters. The molecule has 0 bridgehead atoms. The van der Waals surface area contributed by atoms with Crippen LogP contribution in [0.5, 0.6) is 5.75 Å². The topological polar surface area (TPSA) is 84.5 Å². The normalized spacial score (nSPS) is 19.4. The van der Waals surface area contributed by atoms with E-state index in [-0.39, 0.29) is 24.0 Å². The van der Waals surface area contributed by atoms with Crippen LogP contribution in [0.3, 0.4) is 0 Å². The van der Waals surface area contributed by atoms with Crippen LogP contribution in [-0.4, -0.2) is 39.1 Å². The van der Waals surface area contributed by atoms with E-state index >= 15 is 0 Å². The second kappa shape index (κ2) is 8.13. The number of nitrogens with zero attached hydrogens (tertiary/aromatic N) is 2. The number of H-pyrrole nitrogens is 1. The van der Waals surface area contributed by atoms with Crippen LogP contribution in [0.4, 0.5) is 4.79 Å². The third-order valence-electron chi connectivity index (χ3n) is 5.62. The average molecular weight is 412 g/mol. The summed E-state index contributed by atoms with van der Waals surface area (Å²) in [6.45, 7) is 6.24. The van der Waals surface area contributed by atoms with Gasteiger partial charge in [0.1, 0.15) is 17.2 Å². The Kier molecular flexibility index (Phi) is 5.54. The van der Waals surface area contributed by atoms with Crippen LogP contribution in [0, 0.1) is 5.92 Å². The highest BCUT2D eigenvalue weighted by Gasteiger charge is 2.35. The fourth-order valence-electron chi connectivity index (χ4n) is 3.85. The number of likely N-dealkylation sites (tertiary alicyclic amines) is 1. The second-order valence-electron chi connectivity index (χ2n) is 9.06. The summed E-state index contributed by atoms with van der Waals surface area (Å²) in [5.74, 6) is 1.09. The summed E-state index contributed by atoms with van der Waals surface area (Å²) in [5.41, 5.74) is 1.01. The molecule has 0 radical (unpaired) electrons. The standard InChI is InChI=1S/C23H29N3O4/c1-23(2,3)30-22(28)26-13-7-11-18(26)20-24-14-17(25-20)16-10-4-5-12-19(16)29-21(27)15-8-6-9-15/h4-5,10,12,14-15,18H,6-9,11,13H2,1-3H3,(H,24,25). The molecule has 1 saturated heterocycles. The van der Waals surface area contributed by atoms with Crippen molar-refractivity contribution in [3.05, 3.63) is 36.3 Å². The van der Waals surface area contributed by atoms with Crippen molar-refractivity contribution in [1.82, 2.24) is 14.9 Å². The van der Waals surface area contributed by atoms with Crippen molar-refractivity contribution in [3.8, 4) is 17.0 Å². The molecule has 7 nitrogen and oxygen atoms in total. The number of esters is 1. The van der Waals surface area contributed by atoms with E-state index in [2.05, 4.69) is 9.97 Å². The van der Waals surface area contributed by atoms with E-state index in [1.807, 2.05) is 39.0 Å². The van der Waals surface area contributed by atoms with Crippen LogP contribution in [0.25, 0.3) is 11.3 Å². The molecule has 2 aliphatic rings. The number of amides is 1. The van der Waals surface area contributed by atoms with Gasteiger partial charge in [0.05, 0.1) is 23.9 Å². The van der Waals surface area contributed by atoms with Crippen molar-refractivity contribution in [2.45, 2.75) is 64.5 Å². The number of hydrogen-bond acceptors (Lipinski definition) is 5. The summed E-state index contributed by atoms with van der Waals surface area (Å²) in [4.78, 5) is 34.5. The number of benzene rings is 1. The Morgan fingerprint density at radius 3 is 2.60 bits per heavy atom. The van der Waals surface area contributed by atoms with Crippen molar-refractivity contribution in [3.63, 3.8) is 0 Å². The monoisotopic (exact) mass is 411 g/mol. The van der Waals surface area contributed by atoms with Gasteiger partial charge < -0.3 is 14.5 Å². The van der Waals surface area contributed by atoms with Crippen molar-refractivity contribution in [1.29, 1.82) is 0 Å². The fourth-order valence-corrected chi connectivity index (χ4v) is 3.85. The summed E-state index contributed by atoms with van der Waals surface area (Å²) in [6, 6.07) is 7.30. The van der Waals surface area contributed by atoms with Crippen LogP contribution in [-0.2, 0) is 9.53 Å². The lowest BCUT2D eigenvalue weighted by atomic mass is 9.86. The van der Waals surface area contributed by atoms with Crippen molar-refractivity contribution >= 4 is 12.1 Å². The number of nitrogens with one attached hydrogen (secondary N) is 1. The number of hydrogen-bond donors (Lipinski definition) is 1. The first-order valence-electron chi connectivity index (χ1n) is 10.7. The van der Waals surface area contributed by atoms with Gasteiger partial charge in [0, 0.05) is 12.1 Å². The van der Waals surface area contributed by atoms with Gasteiger partial charge in [-0.15, -0.1) is 0 Å². The summed E-state index contributed by atoms with van der Waals surface area (Å²) in [7, 11) is 0. The van der Waals surface area contributed by atoms with E-state index in [1.54, 1.807) is 17.2 Å². The van der Waals surface area contributed by atoms with Crippen LogP contribution >= 0.6 is 0 Å². The zero-order chi connectivity index (χ0) is 21.3. The Hall–Kier alpha value is -2.83. The fraction of sp³-hybridized carbons (Fsp3) is 0.522. The Morgan fingerprint density at radius 1 is 1.13 bits per heavy atom. The summed E-state index contributed by atoms with van der Waals surface area (Å²) < 4.78 is 11.2. The maximum absolute atomic E-state index is 12.6. The molecular formula is C23H29N3O4. The zero-order valence-corrected chi connectivity index (χ0v) is 17.8. The smallest absolute Gasteiger partial charge is 0.410 e. The molecule has 2 aromatic rings. The highest BCUT2D eigenvalue weighted by atomic mass is 16.6. The predicted octanol–water partition coefficient (Wildman–Crippen LogP) is 4.85. The maximum atomic E-state index is 12.6. The molecule has 1 aliphatic heterocycles. The van der Waals surface area contributed by atoms with Crippen LogP contribution in [0.2, 0.25) is 0 Å². The molecule has 7 heteroatoms. The minimum atomic E-state index is -0.540. The highest BCUT2D eigenvalue weighted by molar-refractivity contribution is 5.79. The molecule has 160 valence electrons. The van der Waals surface area contributed by atoms with Crippen LogP contribution < -0.4 is 4.74 Å². The molecule has 30 heavy (non-hydrogen) atoms. The number of carbonyl (C=O) groups is 2. The highest BCUT2D eigenvalue weighted by Crippen LogP contribution is 2.35. The number of ether oxygens (including phenoxy) is 2. The minimum absolute atomic E-state index is 0.0104. The number of aromatic amines is 1. The molecule has 1 saturated carbocycles. The third-order valence-corrected chi connectivity index (χ3v) is 5.62. The minimum Gasteiger partial charge on any atom is -0.444 e. The third kappa shape index (κ3) is 4.35. The largest absolute Gasteiger partial charge is 0.444 e. The molecular weight excluding hydrogens is 382 g/mol. The molecule has 4 rings (SSSR count). The molecule has 1 atom stereocenters. The molecule has 1 aromatic carbocycles. The van der Waals surface area contributed by atoms with E-state index in [9.17, 15) is 9.59 Å². The first-order chi connectivity index (χ1) is 14.3. The number of carbonyl (C=O) groups excluding carboxylic acids is 2. The van der Waals surface area contributed by atoms with Crippen molar-refractivity contribution in [2.75, 3.05) is 6.54 Å². The van der Waals surface area contributed by atoms with E-state index in [4.69, 9.17) is 9.47 Å². The van der Waals surface area contributed by atoms with E-state index in [0.717, 1.165) is 43.4 Å². The molecule has 1 aromatic heterocycles. The van der Waals surface area contributed by atoms with Crippen molar-refractivity contribution < 1.29 is 19.1 Å². The quantitative estimate of drug-likeness (QED) is 0.574. The first-order valence-corrected chi connectivity index (χ1v) is 10.7. The molecule has 0 spiro atoms. The maximum Gasteiger partial charge on any atom is 0.410 e. The van der Waals surface area contributed by atoms with Gasteiger partial charge in [-0.3, -0.25) is 9.69 Å². The number of para-hydroxylation sites is 1. The lowest BCUT2D eigenvalue weighted by molar-refractivity contribution is -0.141. The summed E-state index contributed by atoms with van der Waals surface area (Å²) in [6.07, 6.45) is 6.02. The average Bonchev–Trinajstić information content (AvgIpc) is 3.28. The zero-order valence-electron chi connectivity index (χ0n) is 17.8. The Bertz CT molecular complexity index is 927. The van der Waals surface area contributed by atoms with Crippen LogP contribution in [0.15, 0.2) is 30.5 Å². The molecule has 1 N–H and O–H groups in total. The molecule has 2 heterocycles. The number of imidazole rings is 1. The van der Waals surface area contributed by atoms with Gasteiger partial charge in [0.25, 0.3) is 0 Å². The van der Waals surface area contributed by atoms with Gasteiger partial charge >= 0.3 is 12.1 Å². The van der Waals surface area contributed by atoms with Gasteiger partial charge in [0.15, 0.2) is 0 Å². The van der Waals surface area contributed by atoms with Gasteiger partial charge in [-0.25, -0.2) is 9.78 Å². The Labute approximate surface area is 176 Å². The van der Waals surface area contributed by atoms with Crippen LogP contribution in [0.1, 0.15) is 64.7 Å².